The predicted octanol–water partition coefficient (Wildman–Crippen LogP) is 2.56. The van der Waals surface area contributed by atoms with Crippen LogP contribution in [0.4, 0.5) is 13.2 Å². The topological polar surface area (TPSA) is 41.5 Å². The molecule has 94 valence electrons. The molecule has 0 unspecified atom stereocenters. The fraction of sp³-hybridized carbons (Fsp3) is 0. The first kappa shape index (κ1) is 13.7. The van der Waals surface area contributed by atoms with Gasteiger partial charge in [-0.1, -0.05) is 12.7 Å². The second-order valence-electron chi connectivity index (χ2n) is 3.14. The van der Waals surface area contributed by atoms with Crippen LogP contribution in [0.3, 0.4) is 0 Å². The van der Waals surface area contributed by atoms with E-state index in [1.807, 2.05) is 0 Å². The number of nitrogens with zero attached hydrogens (tertiary/aromatic N) is 1. The fourth-order valence-electron chi connectivity index (χ4n) is 1.18. The van der Waals surface area contributed by atoms with Crippen molar-refractivity contribution >= 4 is 12.6 Å². The molecule has 6 heteroatoms. The van der Waals surface area contributed by atoms with E-state index < -0.39 is 28.9 Å². The molecule has 18 heavy (non-hydrogen) atoms. The molecule has 0 saturated heterocycles. The van der Waals surface area contributed by atoms with Crippen molar-refractivity contribution in [2.75, 3.05) is 0 Å². The van der Waals surface area contributed by atoms with Crippen LogP contribution in [0.25, 0.3) is 0 Å². The Labute approximate surface area is 101 Å². The summed E-state index contributed by atoms with van der Waals surface area (Å²) in [6.45, 7) is 6.52. The van der Waals surface area contributed by atoms with Crippen LogP contribution in [0.1, 0.15) is 10.4 Å². The van der Waals surface area contributed by atoms with Crippen molar-refractivity contribution in [3.8, 4) is 0 Å². The van der Waals surface area contributed by atoms with E-state index in [0.717, 1.165) is 0 Å². The normalized spacial score (nSPS) is 10.9. The highest BCUT2D eigenvalue weighted by atomic mass is 19.1. The minimum atomic E-state index is -1.30. The second-order valence-corrected chi connectivity index (χ2v) is 3.14. The van der Waals surface area contributed by atoms with Crippen LogP contribution < -0.4 is 5.32 Å². The summed E-state index contributed by atoms with van der Waals surface area (Å²) in [7, 11) is 0. The lowest BCUT2D eigenvalue weighted by Gasteiger charge is -2.06. The number of amides is 1. The van der Waals surface area contributed by atoms with E-state index in [2.05, 4.69) is 23.6 Å². The molecule has 1 N–H and O–H groups in total. The van der Waals surface area contributed by atoms with E-state index in [4.69, 9.17) is 0 Å². The monoisotopic (exact) mass is 254 g/mol. The first-order valence-electron chi connectivity index (χ1n) is 4.75. The van der Waals surface area contributed by atoms with Gasteiger partial charge in [0.1, 0.15) is 28.8 Å². The third kappa shape index (κ3) is 3.07. The van der Waals surface area contributed by atoms with Gasteiger partial charge in [0.25, 0.3) is 5.91 Å². The van der Waals surface area contributed by atoms with Gasteiger partial charge in [0.05, 0.1) is 0 Å². The molecule has 0 bridgehead atoms. The van der Waals surface area contributed by atoms with Gasteiger partial charge in [0.2, 0.25) is 0 Å². The van der Waals surface area contributed by atoms with Crippen LogP contribution >= 0.6 is 0 Å². The highest BCUT2D eigenvalue weighted by molar-refractivity contribution is 5.95. The van der Waals surface area contributed by atoms with Crippen LogP contribution in [0.15, 0.2) is 41.7 Å². The summed E-state index contributed by atoms with van der Waals surface area (Å²) in [5, 5.41) is 2.10. The lowest BCUT2D eigenvalue weighted by atomic mass is 10.2. The van der Waals surface area contributed by atoms with Gasteiger partial charge < -0.3 is 5.32 Å². The number of carbonyl (C=O) groups is 1. The van der Waals surface area contributed by atoms with E-state index in [1.54, 1.807) is 0 Å². The summed E-state index contributed by atoms with van der Waals surface area (Å²) in [6, 6.07) is 0.826. The molecule has 0 heterocycles. The van der Waals surface area contributed by atoms with Crippen molar-refractivity contribution in [3.05, 3.63) is 59.7 Å². The number of hydrogen-bond acceptors (Lipinski definition) is 2. The molecule has 0 radical (unpaired) electrons. The van der Waals surface area contributed by atoms with Crippen LogP contribution in [-0.4, -0.2) is 12.6 Å². The molecule has 1 rings (SSSR count). The summed E-state index contributed by atoms with van der Waals surface area (Å²) in [5.74, 6) is -4.83. The average Bonchev–Trinajstić information content (AvgIpc) is 2.26. The van der Waals surface area contributed by atoms with E-state index in [0.29, 0.717) is 12.1 Å². The molecule has 1 amide bonds. The molecule has 0 aromatic heterocycles. The van der Waals surface area contributed by atoms with Crippen molar-refractivity contribution in [2.24, 2.45) is 4.99 Å². The first-order chi connectivity index (χ1) is 8.49. The number of benzene rings is 1. The van der Waals surface area contributed by atoms with Gasteiger partial charge in [-0.3, -0.25) is 4.79 Å². The molecule has 0 spiro atoms. The Morgan fingerprint density at radius 2 is 1.83 bits per heavy atom. The number of carbonyl (C=O) groups excluding carboxylic acids is 1. The first-order valence-corrected chi connectivity index (χ1v) is 4.75. The third-order valence-corrected chi connectivity index (χ3v) is 1.92. The third-order valence-electron chi connectivity index (χ3n) is 1.92. The molecule has 0 aliphatic heterocycles. The molecular formula is C12H9F3N2O. The van der Waals surface area contributed by atoms with Gasteiger partial charge in [-0.05, 0) is 12.8 Å². The van der Waals surface area contributed by atoms with Gasteiger partial charge in [-0.25, -0.2) is 18.2 Å². The Bertz CT molecular complexity index is 515. The molecule has 0 atom stereocenters. The Morgan fingerprint density at radius 1 is 1.28 bits per heavy atom. The van der Waals surface area contributed by atoms with Gasteiger partial charge in [0, 0.05) is 12.1 Å². The number of aliphatic imine (C=N–C) groups is 1. The maximum absolute atomic E-state index is 13.3. The van der Waals surface area contributed by atoms with E-state index in [1.165, 1.54) is 12.2 Å². The van der Waals surface area contributed by atoms with E-state index in [9.17, 15) is 18.0 Å². The Morgan fingerprint density at radius 3 is 2.28 bits per heavy atom. The minimum absolute atomic E-state index is 0.0295. The zero-order chi connectivity index (χ0) is 13.7. The molecule has 0 aliphatic carbocycles. The Balaban J connectivity index is 3.08. The van der Waals surface area contributed by atoms with Gasteiger partial charge in [0.15, 0.2) is 0 Å². The highest BCUT2D eigenvalue weighted by Crippen LogP contribution is 2.15. The zero-order valence-electron chi connectivity index (χ0n) is 9.21. The Hall–Kier alpha value is -2.37. The SMILES string of the molecule is C=C/C=C(\N=C)NC(=O)c1c(F)cc(F)cc1F. The van der Waals surface area contributed by atoms with Gasteiger partial charge in [-0.15, -0.1) is 0 Å². The Kier molecular flexibility index (Phi) is 4.42. The van der Waals surface area contributed by atoms with Crippen molar-refractivity contribution in [1.29, 1.82) is 0 Å². The number of allylic oxidation sites excluding steroid dienone is 2. The lowest BCUT2D eigenvalue weighted by molar-refractivity contribution is 0.0957. The standard InChI is InChI=1S/C12H9F3N2O/c1-3-4-10(16-2)17-12(18)11-8(14)5-7(13)6-9(11)15/h3-6H,1-2H2,(H,17,18)/b10-4+. The minimum Gasteiger partial charge on any atom is -0.306 e. The molecule has 3 nitrogen and oxygen atoms in total. The summed E-state index contributed by atoms with van der Waals surface area (Å²) >= 11 is 0. The molecule has 0 aliphatic rings. The number of halogens is 3. The molecule has 1 aromatic rings. The van der Waals surface area contributed by atoms with Crippen LogP contribution in [0.5, 0.6) is 0 Å². The summed E-state index contributed by atoms with van der Waals surface area (Å²) < 4.78 is 39.2. The number of nitrogens with one attached hydrogen (secondary N) is 1. The largest absolute Gasteiger partial charge is 0.306 e. The maximum Gasteiger partial charge on any atom is 0.262 e. The van der Waals surface area contributed by atoms with Crippen molar-refractivity contribution in [2.45, 2.75) is 0 Å². The molecule has 1 aromatic carbocycles. The van der Waals surface area contributed by atoms with Crippen LogP contribution in [0, 0.1) is 17.5 Å². The number of rotatable bonds is 4. The van der Waals surface area contributed by atoms with Crippen molar-refractivity contribution in [1.82, 2.24) is 5.32 Å². The fourth-order valence-corrected chi connectivity index (χ4v) is 1.18. The van der Waals surface area contributed by atoms with E-state index >= 15 is 0 Å². The smallest absolute Gasteiger partial charge is 0.262 e. The quantitative estimate of drug-likeness (QED) is 0.651. The van der Waals surface area contributed by atoms with Crippen molar-refractivity contribution < 1.29 is 18.0 Å². The number of hydrogen-bond donors (Lipinski definition) is 1. The van der Waals surface area contributed by atoms with Crippen LogP contribution in [-0.2, 0) is 0 Å². The lowest BCUT2D eigenvalue weighted by Crippen LogP contribution is -2.24. The van der Waals surface area contributed by atoms with Crippen molar-refractivity contribution in [3.63, 3.8) is 0 Å². The summed E-state index contributed by atoms with van der Waals surface area (Å²) in [5.41, 5.74) is -0.894. The highest BCUT2D eigenvalue weighted by Gasteiger charge is 2.19. The maximum atomic E-state index is 13.3. The van der Waals surface area contributed by atoms with Gasteiger partial charge in [-0.2, -0.15) is 0 Å². The summed E-state index contributed by atoms with van der Waals surface area (Å²) in [6.07, 6.45) is 2.59. The van der Waals surface area contributed by atoms with E-state index in [-0.39, 0.29) is 5.82 Å². The second kappa shape index (κ2) is 5.81. The molecular weight excluding hydrogens is 245 g/mol. The van der Waals surface area contributed by atoms with Gasteiger partial charge >= 0.3 is 0 Å². The predicted molar refractivity (Wildman–Crippen MR) is 61.6 cm³/mol. The summed E-state index contributed by atoms with van der Waals surface area (Å²) in [4.78, 5) is 15.0. The average molecular weight is 254 g/mol. The zero-order valence-corrected chi connectivity index (χ0v) is 9.21. The molecule has 0 fully saturated rings. The van der Waals surface area contributed by atoms with Crippen LogP contribution in [0.2, 0.25) is 0 Å². The molecule has 0 saturated carbocycles.